The summed E-state index contributed by atoms with van der Waals surface area (Å²) in [4.78, 5) is -0.230. The van der Waals surface area contributed by atoms with Gasteiger partial charge in [0.1, 0.15) is 0 Å². The molecule has 0 spiro atoms. The van der Waals surface area contributed by atoms with Crippen molar-refractivity contribution >= 4 is 27.0 Å². The van der Waals surface area contributed by atoms with Crippen molar-refractivity contribution in [1.29, 1.82) is 0 Å². The van der Waals surface area contributed by atoms with Gasteiger partial charge in [0.25, 0.3) is 0 Å². The van der Waals surface area contributed by atoms with Crippen LogP contribution in [0.1, 0.15) is 11.1 Å². The van der Waals surface area contributed by atoms with E-state index in [1.54, 1.807) is 0 Å². The lowest BCUT2D eigenvalue weighted by molar-refractivity contribution is 0.388. The van der Waals surface area contributed by atoms with Crippen molar-refractivity contribution in [2.24, 2.45) is 0 Å². The second-order valence-corrected chi connectivity index (χ2v) is 6.94. The number of nitrogens with two attached hydrogens (primary N) is 1. The van der Waals surface area contributed by atoms with Gasteiger partial charge in [-0.2, -0.15) is 11.3 Å². The summed E-state index contributed by atoms with van der Waals surface area (Å²) in [6, 6.07) is 2.06. The first-order valence-corrected chi connectivity index (χ1v) is 8.42. The van der Waals surface area contributed by atoms with Crippen LogP contribution < -0.4 is 15.2 Å². The van der Waals surface area contributed by atoms with E-state index in [1.807, 2.05) is 17.7 Å². The summed E-state index contributed by atoms with van der Waals surface area (Å²) in [7, 11) is -2.58. The van der Waals surface area contributed by atoms with Crippen molar-refractivity contribution in [3.8, 4) is 5.75 Å². The fraction of sp³-hybridized carbons (Fsp3) is 0.231. The van der Waals surface area contributed by atoms with Gasteiger partial charge in [-0.1, -0.05) is 0 Å². The molecule has 0 bridgehead atoms. The number of benzene rings is 1. The Kier molecular flexibility index (Phi) is 4.50. The number of ether oxygens (including phenoxy) is 1. The first kappa shape index (κ1) is 15.7. The van der Waals surface area contributed by atoms with Gasteiger partial charge >= 0.3 is 0 Å². The Balaban J connectivity index is 2.26. The quantitative estimate of drug-likeness (QED) is 0.824. The van der Waals surface area contributed by atoms with E-state index >= 15 is 0 Å². The fourth-order valence-corrected chi connectivity index (χ4v) is 3.69. The molecule has 1 heterocycles. The summed E-state index contributed by atoms with van der Waals surface area (Å²) in [5.74, 6) is -0.979. The second kappa shape index (κ2) is 6.00. The molecule has 0 aliphatic rings. The van der Waals surface area contributed by atoms with E-state index in [1.165, 1.54) is 24.5 Å². The first-order valence-electron chi connectivity index (χ1n) is 5.99. The van der Waals surface area contributed by atoms with Crippen LogP contribution >= 0.6 is 11.3 Å². The molecular weight excluding hydrogens is 315 g/mol. The molecule has 5 nitrogen and oxygen atoms in total. The molecular formula is C13H15FN2O3S2. The van der Waals surface area contributed by atoms with Crippen LogP contribution in [0.15, 0.2) is 27.8 Å². The average molecular weight is 330 g/mol. The zero-order chi connectivity index (χ0) is 15.6. The highest BCUT2D eigenvalue weighted by Crippen LogP contribution is 2.28. The van der Waals surface area contributed by atoms with Crippen LogP contribution in [0.25, 0.3) is 0 Å². The molecule has 0 radical (unpaired) electrons. The predicted octanol–water partition coefficient (Wildman–Crippen LogP) is 2.26. The van der Waals surface area contributed by atoms with E-state index in [0.717, 1.165) is 17.2 Å². The molecule has 2 aromatic rings. The molecule has 0 amide bonds. The minimum absolute atomic E-state index is 0.0652. The SMILES string of the molecule is COc1c(N)cc(S(=O)(=O)NCc2cscc2C)cc1F. The molecule has 8 heteroatoms. The molecule has 0 atom stereocenters. The third kappa shape index (κ3) is 3.34. The Morgan fingerprint density at radius 1 is 1.38 bits per heavy atom. The summed E-state index contributed by atoms with van der Waals surface area (Å²) in [5, 5.41) is 3.79. The average Bonchev–Trinajstić information content (AvgIpc) is 2.81. The van der Waals surface area contributed by atoms with Crippen LogP contribution in [0.5, 0.6) is 5.75 Å². The number of thiophene rings is 1. The number of nitrogen functional groups attached to an aromatic ring is 1. The van der Waals surface area contributed by atoms with E-state index in [4.69, 9.17) is 10.5 Å². The highest BCUT2D eigenvalue weighted by Gasteiger charge is 2.19. The molecule has 114 valence electrons. The van der Waals surface area contributed by atoms with Crippen LogP contribution in [0.4, 0.5) is 10.1 Å². The van der Waals surface area contributed by atoms with Crippen LogP contribution in [0, 0.1) is 12.7 Å². The minimum atomic E-state index is -3.84. The van der Waals surface area contributed by atoms with Crippen molar-refractivity contribution < 1.29 is 17.5 Å². The van der Waals surface area contributed by atoms with E-state index in [9.17, 15) is 12.8 Å². The highest BCUT2D eigenvalue weighted by molar-refractivity contribution is 7.89. The zero-order valence-corrected chi connectivity index (χ0v) is 13.1. The van der Waals surface area contributed by atoms with Gasteiger partial charge in [0.05, 0.1) is 17.7 Å². The topological polar surface area (TPSA) is 81.4 Å². The van der Waals surface area contributed by atoms with Crippen molar-refractivity contribution in [1.82, 2.24) is 4.72 Å². The summed E-state index contributed by atoms with van der Waals surface area (Å²) < 4.78 is 45.3. The van der Waals surface area contributed by atoms with Crippen molar-refractivity contribution in [2.75, 3.05) is 12.8 Å². The predicted molar refractivity (Wildman–Crippen MR) is 80.4 cm³/mol. The maximum atomic E-state index is 13.7. The number of halogens is 1. The largest absolute Gasteiger partial charge is 0.492 e. The van der Waals surface area contributed by atoms with Gasteiger partial charge < -0.3 is 10.5 Å². The smallest absolute Gasteiger partial charge is 0.241 e. The summed E-state index contributed by atoms with van der Waals surface area (Å²) >= 11 is 1.49. The Labute approximate surface area is 126 Å². The summed E-state index contributed by atoms with van der Waals surface area (Å²) in [6.45, 7) is 2.04. The van der Waals surface area contributed by atoms with Crippen LogP contribution in [0.3, 0.4) is 0 Å². The molecule has 0 aliphatic carbocycles. The Bertz CT molecular complexity index is 734. The number of hydrogen-bond donors (Lipinski definition) is 2. The Morgan fingerprint density at radius 3 is 2.62 bits per heavy atom. The fourth-order valence-electron chi connectivity index (χ4n) is 1.78. The van der Waals surface area contributed by atoms with Gasteiger partial charge in [0, 0.05) is 6.54 Å². The number of aryl methyl sites for hydroxylation is 1. The van der Waals surface area contributed by atoms with E-state index in [-0.39, 0.29) is 22.9 Å². The second-order valence-electron chi connectivity index (χ2n) is 4.43. The number of sulfonamides is 1. The van der Waals surface area contributed by atoms with Gasteiger partial charge in [-0.15, -0.1) is 0 Å². The number of methoxy groups -OCH3 is 1. The van der Waals surface area contributed by atoms with E-state index in [2.05, 4.69) is 4.72 Å². The van der Waals surface area contributed by atoms with Crippen molar-refractivity contribution in [3.63, 3.8) is 0 Å². The Morgan fingerprint density at radius 2 is 2.10 bits per heavy atom. The molecule has 0 unspecified atom stereocenters. The standard InChI is InChI=1S/C13H15FN2O3S2/c1-8-6-20-7-9(8)5-16-21(17,18)10-3-11(14)13(19-2)12(15)4-10/h3-4,6-7,16H,5,15H2,1-2H3. The first-order chi connectivity index (χ1) is 9.85. The summed E-state index contributed by atoms with van der Waals surface area (Å²) in [6.07, 6.45) is 0. The molecule has 21 heavy (non-hydrogen) atoms. The third-order valence-electron chi connectivity index (χ3n) is 2.97. The third-order valence-corrected chi connectivity index (χ3v) is 5.27. The van der Waals surface area contributed by atoms with E-state index in [0.29, 0.717) is 0 Å². The molecule has 0 fully saturated rings. The lowest BCUT2D eigenvalue weighted by atomic mass is 10.2. The highest BCUT2D eigenvalue weighted by atomic mass is 32.2. The van der Waals surface area contributed by atoms with E-state index < -0.39 is 15.8 Å². The number of anilines is 1. The molecule has 0 saturated heterocycles. The maximum Gasteiger partial charge on any atom is 0.241 e. The van der Waals surface area contributed by atoms with Crippen LogP contribution in [-0.2, 0) is 16.6 Å². The van der Waals surface area contributed by atoms with Gasteiger partial charge in [0.15, 0.2) is 11.6 Å². The van der Waals surface area contributed by atoms with Gasteiger partial charge in [0.2, 0.25) is 10.0 Å². The molecule has 1 aromatic heterocycles. The molecule has 3 N–H and O–H groups in total. The lowest BCUT2D eigenvalue weighted by Gasteiger charge is -2.10. The van der Waals surface area contributed by atoms with Gasteiger partial charge in [-0.25, -0.2) is 17.5 Å². The normalized spacial score (nSPS) is 11.6. The maximum absolute atomic E-state index is 13.7. The van der Waals surface area contributed by atoms with Crippen LogP contribution in [0.2, 0.25) is 0 Å². The zero-order valence-electron chi connectivity index (χ0n) is 11.5. The summed E-state index contributed by atoms with van der Waals surface area (Å²) in [5.41, 5.74) is 7.41. The lowest BCUT2D eigenvalue weighted by Crippen LogP contribution is -2.23. The molecule has 2 rings (SSSR count). The molecule has 0 aliphatic heterocycles. The minimum Gasteiger partial charge on any atom is -0.492 e. The van der Waals surface area contributed by atoms with Gasteiger partial charge in [-0.3, -0.25) is 0 Å². The van der Waals surface area contributed by atoms with Crippen LogP contribution in [-0.4, -0.2) is 15.5 Å². The van der Waals surface area contributed by atoms with Crippen molar-refractivity contribution in [3.05, 3.63) is 39.8 Å². The monoisotopic (exact) mass is 330 g/mol. The number of nitrogens with one attached hydrogen (secondary N) is 1. The Hall–Kier alpha value is -1.64. The number of hydrogen-bond acceptors (Lipinski definition) is 5. The molecule has 0 saturated carbocycles. The molecule has 1 aromatic carbocycles. The van der Waals surface area contributed by atoms with Crippen molar-refractivity contribution in [2.45, 2.75) is 18.4 Å². The number of rotatable bonds is 5. The van der Waals surface area contributed by atoms with Gasteiger partial charge in [-0.05, 0) is 40.9 Å².